The second kappa shape index (κ2) is 73.0. The van der Waals surface area contributed by atoms with Gasteiger partial charge in [0.05, 0.1) is 52.9 Å². The number of aliphatic carboxylic acids is 7. The highest BCUT2D eigenvalue weighted by Gasteiger charge is 2.34. The van der Waals surface area contributed by atoms with Gasteiger partial charge in [-0.05, 0) is 122 Å². The number of amides is 7. The highest BCUT2D eigenvalue weighted by Crippen LogP contribution is 2.26. The van der Waals surface area contributed by atoms with Crippen LogP contribution >= 0.6 is 0 Å². The third kappa shape index (κ3) is 78.8. The standard InChI is InChI=1S/C12H20N2O4.C11H20N2O2.C10H19NO2.C9H15NO3.C7H13NO.5C5H10O2/c1-4-9(15)13-6-7-14-11(18)12(3,5-2)8-10(16)17;1-5-9(14)12-7-8-13-10(15)11(3,4)6-2;1-4-9(3)13-8-6-7-11-10(12)5-2;1-4-7(11)10-6-9(3,5-2)8(12)13;1-4-6(3)8-7(9)5-2;5*1-3-4(2)5(6)7/h4H,1,5-8H2,2-3H3,(H,13,15)(H,14,18)(H,16,17);5H,1,6-8H2,2-4H3,(H,12,14)(H,13,15);5,9H,2,4,6-8H2,1,3H3,(H,11,12);4H,1,5-6H2,2-3H3,(H,10,11)(H,12,13);5-6H,2,4H2,1,3H3,(H,8,9);5*4H,3H2,1-2H3,(H,6,7). The first-order valence-electron chi connectivity index (χ1n) is 34.9. The largest absolute Gasteiger partial charge is 0.481 e. The van der Waals surface area contributed by atoms with Gasteiger partial charge in [-0.25, -0.2) is 0 Å². The van der Waals surface area contributed by atoms with Gasteiger partial charge in [0.1, 0.15) is 0 Å². The third-order valence-electron chi connectivity index (χ3n) is 15.4. The van der Waals surface area contributed by atoms with Crippen molar-refractivity contribution < 1.29 is 108 Å². The summed E-state index contributed by atoms with van der Waals surface area (Å²) in [6.45, 7) is 57.9. The molecule has 0 aromatic carbocycles. The minimum atomic E-state index is -1.01. The molecule has 0 heterocycles. The summed E-state index contributed by atoms with van der Waals surface area (Å²) in [5, 5.41) is 76.9. The van der Waals surface area contributed by atoms with E-state index in [0.29, 0.717) is 45.2 Å². The van der Waals surface area contributed by atoms with Crippen LogP contribution < -0.4 is 37.2 Å². The van der Waals surface area contributed by atoms with Crippen molar-refractivity contribution in [2.75, 3.05) is 45.9 Å². The maximum atomic E-state index is 11.8. The molecule has 0 fully saturated rings. The van der Waals surface area contributed by atoms with Crippen LogP contribution in [0.25, 0.3) is 0 Å². The van der Waals surface area contributed by atoms with Gasteiger partial charge in [-0.15, -0.1) is 0 Å². The lowest BCUT2D eigenvalue weighted by Crippen LogP contribution is -2.43. The molecule has 7 amide bonds. The number of ether oxygens (including phenoxy) is 1. The van der Waals surface area contributed by atoms with Gasteiger partial charge in [0.15, 0.2) is 0 Å². The van der Waals surface area contributed by atoms with Crippen molar-refractivity contribution in [1.29, 1.82) is 0 Å². The van der Waals surface area contributed by atoms with Crippen molar-refractivity contribution in [2.45, 2.75) is 235 Å². The minimum Gasteiger partial charge on any atom is -0.481 e. The highest BCUT2D eigenvalue weighted by molar-refractivity contribution is 5.89. The van der Waals surface area contributed by atoms with Gasteiger partial charge < -0.3 is 77.7 Å². The van der Waals surface area contributed by atoms with E-state index < -0.39 is 52.6 Å². The van der Waals surface area contributed by atoms with Crippen LogP contribution in [0.2, 0.25) is 0 Å². The molecule has 103 heavy (non-hydrogen) atoms. The van der Waals surface area contributed by atoms with Crippen molar-refractivity contribution in [3.8, 4) is 0 Å². The molecule has 0 aliphatic heterocycles. The number of nitrogens with one attached hydrogen (secondary N) is 7. The molecule has 9 unspecified atom stereocenters. The lowest BCUT2D eigenvalue weighted by molar-refractivity contribution is -0.148. The summed E-state index contributed by atoms with van der Waals surface area (Å²) in [5.41, 5.74) is -2.16. The molecule has 14 N–H and O–H groups in total. The lowest BCUT2D eigenvalue weighted by atomic mass is 9.83. The molecule has 0 spiro atoms. The minimum absolute atomic E-state index is 0.0119. The highest BCUT2D eigenvalue weighted by atomic mass is 16.5. The SMILES string of the molecule is C=CC(=O)NC(C)CC.C=CC(=O)NCC(C)(CC)C(=O)O.C=CC(=O)NCCCOC(C)CC.C=CC(=O)NCCNC(=O)C(C)(C)CC.C=CC(=O)NCCNC(=O)C(C)(CC)CC(=O)O.CCC(C)C(=O)O.CCC(C)C(=O)O.CCC(C)C(=O)O.CCC(C)C(=O)O.CCC(C)C(=O)O. The molecule has 29 heteroatoms. The molecular formula is C74H137N7O22. The maximum absolute atomic E-state index is 11.8. The summed E-state index contributed by atoms with van der Waals surface area (Å²) in [7, 11) is 0. The van der Waals surface area contributed by atoms with Crippen LogP contribution in [0.1, 0.15) is 222 Å². The molecule has 0 aliphatic carbocycles. The maximum Gasteiger partial charge on any atom is 0.311 e. The van der Waals surface area contributed by atoms with E-state index in [1.165, 1.54) is 18.2 Å². The fourth-order valence-electron chi connectivity index (χ4n) is 4.92. The second-order valence-corrected chi connectivity index (χ2v) is 24.6. The number of carbonyl (C=O) groups excluding carboxylic acids is 7. The Labute approximate surface area is 615 Å². The summed E-state index contributed by atoms with van der Waals surface area (Å²) < 4.78 is 5.43. The van der Waals surface area contributed by atoms with Crippen molar-refractivity contribution in [2.24, 2.45) is 45.8 Å². The fraction of sp³-hybridized carbons (Fsp3) is 0.676. The van der Waals surface area contributed by atoms with Crippen molar-refractivity contribution >= 4 is 83.1 Å². The summed E-state index contributed by atoms with van der Waals surface area (Å²) in [6, 6.07) is 0.260. The van der Waals surface area contributed by atoms with Crippen LogP contribution in [-0.4, -0.2) is 177 Å². The Morgan fingerprint density at radius 1 is 0.369 bits per heavy atom. The van der Waals surface area contributed by atoms with E-state index in [2.05, 4.69) is 77.0 Å². The molecule has 0 saturated carbocycles. The fourth-order valence-corrected chi connectivity index (χ4v) is 4.92. The monoisotopic (exact) mass is 1480 g/mol. The molecule has 0 bridgehead atoms. The first kappa shape index (κ1) is 115. The van der Waals surface area contributed by atoms with E-state index in [1.54, 1.807) is 62.3 Å². The zero-order valence-corrected chi connectivity index (χ0v) is 66.2. The van der Waals surface area contributed by atoms with Crippen LogP contribution in [0.3, 0.4) is 0 Å². The summed E-state index contributed by atoms with van der Waals surface area (Å²) in [4.78, 5) is 148. The topological polar surface area (TPSA) is 474 Å². The molecule has 0 rings (SSSR count). The average molecular weight is 1480 g/mol. The van der Waals surface area contributed by atoms with E-state index >= 15 is 0 Å². The predicted octanol–water partition coefficient (Wildman–Crippen LogP) is 10.1. The number of hydrogen-bond donors (Lipinski definition) is 14. The first-order valence-corrected chi connectivity index (χ1v) is 34.9. The third-order valence-corrected chi connectivity index (χ3v) is 15.4. The van der Waals surface area contributed by atoms with Gasteiger partial charge in [-0.3, -0.25) is 67.1 Å². The van der Waals surface area contributed by atoms with Crippen molar-refractivity contribution in [3.05, 3.63) is 63.3 Å². The average Bonchev–Trinajstić information content (AvgIpc) is 0.872. The Morgan fingerprint density at radius 2 is 0.660 bits per heavy atom. The van der Waals surface area contributed by atoms with E-state index in [4.69, 9.17) is 40.5 Å². The van der Waals surface area contributed by atoms with Crippen LogP contribution in [0.4, 0.5) is 0 Å². The Balaban J connectivity index is -0.000000119. The van der Waals surface area contributed by atoms with Gasteiger partial charge in [0.25, 0.3) is 0 Å². The molecule has 0 saturated heterocycles. The predicted molar refractivity (Wildman–Crippen MR) is 403 cm³/mol. The second-order valence-electron chi connectivity index (χ2n) is 24.6. The van der Waals surface area contributed by atoms with Crippen LogP contribution in [-0.2, 0) is 71.9 Å². The van der Waals surface area contributed by atoms with Gasteiger partial charge >= 0.3 is 41.8 Å². The van der Waals surface area contributed by atoms with Crippen molar-refractivity contribution in [3.63, 3.8) is 0 Å². The molecule has 600 valence electrons. The lowest BCUT2D eigenvalue weighted by Gasteiger charge is -2.24. The van der Waals surface area contributed by atoms with Crippen LogP contribution in [0.5, 0.6) is 0 Å². The normalized spacial score (nSPS) is 12.8. The van der Waals surface area contributed by atoms with Gasteiger partial charge in [-0.1, -0.05) is 158 Å². The number of carboxylic acids is 7. The number of carbonyl (C=O) groups is 14. The zero-order valence-electron chi connectivity index (χ0n) is 66.2. The molecule has 0 aliphatic rings. The zero-order chi connectivity index (χ0) is 83.3. The van der Waals surface area contributed by atoms with Gasteiger partial charge in [-0.2, -0.15) is 0 Å². The molecule has 0 aromatic heterocycles. The smallest absolute Gasteiger partial charge is 0.311 e. The number of rotatable bonds is 39. The molecule has 29 nitrogen and oxygen atoms in total. The number of hydrogen-bond acceptors (Lipinski definition) is 15. The van der Waals surface area contributed by atoms with Crippen LogP contribution in [0.15, 0.2) is 63.3 Å². The van der Waals surface area contributed by atoms with Gasteiger partial charge in [0.2, 0.25) is 41.4 Å². The Morgan fingerprint density at radius 3 is 0.893 bits per heavy atom. The molecule has 9 atom stereocenters. The van der Waals surface area contributed by atoms with Gasteiger partial charge in [0, 0.05) is 57.3 Å². The van der Waals surface area contributed by atoms with E-state index in [9.17, 15) is 67.1 Å². The molecular weight excluding hydrogens is 1340 g/mol. The van der Waals surface area contributed by atoms with E-state index in [1.807, 2.05) is 76.2 Å². The van der Waals surface area contributed by atoms with E-state index in [-0.39, 0.29) is 108 Å². The Kier molecular flexibility index (Phi) is 81.8. The number of carboxylic acid groups (broad SMARTS) is 7. The van der Waals surface area contributed by atoms with Crippen LogP contribution in [0, 0.1) is 45.8 Å². The summed E-state index contributed by atoms with van der Waals surface area (Å²) >= 11 is 0. The Hall–Kier alpha value is -8.76. The van der Waals surface area contributed by atoms with Crippen molar-refractivity contribution in [1.82, 2.24) is 37.2 Å². The summed E-state index contributed by atoms with van der Waals surface area (Å²) in [6.07, 6.45) is 14.2. The Bertz CT molecular complexity index is 2360. The summed E-state index contributed by atoms with van der Waals surface area (Å²) in [5.74, 6) is -7.75. The molecule has 0 radical (unpaired) electrons. The quantitative estimate of drug-likeness (QED) is 0.0201. The molecule has 0 aromatic rings. The first-order chi connectivity index (χ1) is 47.6. The van der Waals surface area contributed by atoms with E-state index in [0.717, 1.165) is 69.9 Å².